The molecule has 3 nitrogen and oxygen atoms in total. The van der Waals surface area contributed by atoms with Gasteiger partial charge in [0.15, 0.2) is 0 Å². The van der Waals surface area contributed by atoms with Crippen LogP contribution < -0.4 is 10.6 Å². The first kappa shape index (κ1) is 15.8. The fourth-order valence-corrected chi connectivity index (χ4v) is 1.26. The Balaban J connectivity index is 3.97. The lowest BCUT2D eigenvalue weighted by atomic mass is 10.2. The number of thioether (sulfide) groups is 1. The first-order chi connectivity index (χ1) is 7.32. The summed E-state index contributed by atoms with van der Waals surface area (Å²) in [6, 6.07) is 0.130. The van der Waals surface area contributed by atoms with Crippen molar-refractivity contribution in [2.24, 2.45) is 0 Å². The molecule has 0 rings (SSSR count). The van der Waals surface area contributed by atoms with Gasteiger partial charge in [0.1, 0.15) is 0 Å². The largest absolute Gasteiger partial charge is 0.352 e. The van der Waals surface area contributed by atoms with E-state index in [-0.39, 0.29) is 22.7 Å². The van der Waals surface area contributed by atoms with Crippen LogP contribution in [0.1, 0.15) is 41.0 Å². The molecule has 0 aromatic heterocycles. The van der Waals surface area contributed by atoms with Crippen molar-refractivity contribution in [3.8, 4) is 0 Å². The molecule has 0 radical (unpaired) electrons. The Hall–Kier alpha value is -0.220. The zero-order chi connectivity index (χ0) is 12.8. The van der Waals surface area contributed by atoms with Crippen molar-refractivity contribution < 1.29 is 4.79 Å². The van der Waals surface area contributed by atoms with E-state index in [1.807, 2.05) is 13.8 Å². The molecule has 16 heavy (non-hydrogen) atoms. The summed E-state index contributed by atoms with van der Waals surface area (Å²) in [4.78, 5) is 11.7. The summed E-state index contributed by atoms with van der Waals surface area (Å²) in [5.41, 5.74) is 0. The Morgan fingerprint density at radius 3 is 2.38 bits per heavy atom. The third kappa shape index (κ3) is 6.38. The van der Waals surface area contributed by atoms with Crippen LogP contribution in [0.25, 0.3) is 0 Å². The minimum absolute atomic E-state index is 0.0891. The number of carbonyl (C=O) groups excluding carboxylic acids is 1. The van der Waals surface area contributed by atoms with Crippen LogP contribution in [0, 0.1) is 0 Å². The molecule has 0 aromatic rings. The van der Waals surface area contributed by atoms with E-state index in [1.54, 1.807) is 11.8 Å². The minimum Gasteiger partial charge on any atom is -0.352 e. The summed E-state index contributed by atoms with van der Waals surface area (Å²) >= 11 is 1.80. The van der Waals surface area contributed by atoms with Crippen LogP contribution in [0.5, 0.6) is 0 Å². The first-order valence-electron chi connectivity index (χ1n) is 5.91. The molecule has 0 aliphatic rings. The number of hydrogen-bond acceptors (Lipinski definition) is 3. The van der Waals surface area contributed by atoms with Crippen molar-refractivity contribution in [1.29, 1.82) is 0 Å². The lowest BCUT2D eigenvalue weighted by molar-refractivity contribution is -0.123. The van der Waals surface area contributed by atoms with Crippen LogP contribution in [0.15, 0.2) is 0 Å². The van der Waals surface area contributed by atoms with E-state index < -0.39 is 0 Å². The van der Waals surface area contributed by atoms with Crippen LogP contribution in [0.2, 0.25) is 0 Å². The molecule has 0 saturated carbocycles. The number of nitrogens with one attached hydrogen (secondary N) is 2. The highest BCUT2D eigenvalue weighted by atomic mass is 32.2. The van der Waals surface area contributed by atoms with Gasteiger partial charge < -0.3 is 10.6 Å². The monoisotopic (exact) mass is 246 g/mol. The predicted molar refractivity (Wildman–Crippen MR) is 73.0 cm³/mol. The molecule has 4 heteroatoms. The highest BCUT2D eigenvalue weighted by Gasteiger charge is 2.20. The van der Waals surface area contributed by atoms with Gasteiger partial charge in [-0.15, -0.1) is 0 Å². The average molecular weight is 246 g/mol. The standard InChI is InChI=1S/C12H26N2OS/c1-7-9(2)14-11(15)10(3)13-8-12(4,5)16-6/h9-10,13H,7-8H2,1-6H3,(H,14,15). The highest BCUT2D eigenvalue weighted by molar-refractivity contribution is 7.99. The van der Waals surface area contributed by atoms with Crippen molar-refractivity contribution in [2.75, 3.05) is 12.8 Å². The molecule has 96 valence electrons. The summed E-state index contributed by atoms with van der Waals surface area (Å²) in [6.07, 6.45) is 3.06. The fraction of sp³-hybridized carbons (Fsp3) is 0.917. The highest BCUT2D eigenvalue weighted by Crippen LogP contribution is 2.19. The zero-order valence-electron chi connectivity index (χ0n) is 11.4. The van der Waals surface area contributed by atoms with Crippen molar-refractivity contribution in [3.05, 3.63) is 0 Å². The lowest BCUT2D eigenvalue weighted by Crippen LogP contribution is -2.48. The molecule has 0 aliphatic carbocycles. The number of rotatable bonds is 7. The van der Waals surface area contributed by atoms with Gasteiger partial charge >= 0.3 is 0 Å². The summed E-state index contributed by atoms with van der Waals surface area (Å²) in [5, 5.41) is 6.25. The molecule has 0 heterocycles. The number of amides is 1. The lowest BCUT2D eigenvalue weighted by Gasteiger charge is -2.25. The second-order valence-corrected chi connectivity index (χ2v) is 6.40. The van der Waals surface area contributed by atoms with Gasteiger partial charge in [-0.25, -0.2) is 0 Å². The van der Waals surface area contributed by atoms with E-state index in [4.69, 9.17) is 0 Å². The van der Waals surface area contributed by atoms with Gasteiger partial charge in [0.2, 0.25) is 5.91 Å². The van der Waals surface area contributed by atoms with Crippen LogP contribution in [0.4, 0.5) is 0 Å². The maximum atomic E-state index is 11.7. The SMILES string of the molecule is CCC(C)NC(=O)C(C)NCC(C)(C)SC. The molecule has 0 fully saturated rings. The third-order valence-electron chi connectivity index (χ3n) is 2.78. The third-order valence-corrected chi connectivity index (χ3v) is 4.03. The maximum absolute atomic E-state index is 11.7. The van der Waals surface area contributed by atoms with E-state index >= 15 is 0 Å². The smallest absolute Gasteiger partial charge is 0.237 e. The van der Waals surface area contributed by atoms with Crippen LogP contribution in [-0.2, 0) is 4.79 Å². The Morgan fingerprint density at radius 1 is 1.38 bits per heavy atom. The minimum atomic E-state index is -0.125. The van der Waals surface area contributed by atoms with Gasteiger partial charge in [0, 0.05) is 17.3 Å². The molecule has 2 N–H and O–H groups in total. The summed E-state index contributed by atoms with van der Waals surface area (Å²) in [5.74, 6) is 0.0891. The summed E-state index contributed by atoms with van der Waals surface area (Å²) in [6.45, 7) is 11.2. The van der Waals surface area contributed by atoms with E-state index in [2.05, 4.69) is 37.7 Å². The van der Waals surface area contributed by atoms with E-state index in [1.165, 1.54) is 0 Å². The molecule has 1 amide bonds. The van der Waals surface area contributed by atoms with Gasteiger partial charge in [-0.2, -0.15) is 11.8 Å². The molecule has 0 bridgehead atoms. The molecule has 0 aliphatic heterocycles. The van der Waals surface area contributed by atoms with E-state index in [9.17, 15) is 4.79 Å². The molecule has 2 unspecified atom stereocenters. The van der Waals surface area contributed by atoms with Crippen molar-refractivity contribution in [2.45, 2.75) is 57.9 Å². The van der Waals surface area contributed by atoms with Crippen LogP contribution >= 0.6 is 11.8 Å². The Morgan fingerprint density at radius 2 is 1.94 bits per heavy atom. The van der Waals surface area contributed by atoms with E-state index in [0.717, 1.165) is 13.0 Å². The quantitative estimate of drug-likeness (QED) is 0.722. The number of carbonyl (C=O) groups is 1. The average Bonchev–Trinajstić information content (AvgIpc) is 2.25. The first-order valence-corrected chi connectivity index (χ1v) is 7.13. The Labute approximate surface area is 104 Å². The van der Waals surface area contributed by atoms with Gasteiger partial charge in [-0.1, -0.05) is 6.92 Å². The van der Waals surface area contributed by atoms with Gasteiger partial charge in [0.05, 0.1) is 6.04 Å². The van der Waals surface area contributed by atoms with Gasteiger partial charge in [0.25, 0.3) is 0 Å². The Kier molecular flexibility index (Phi) is 7.07. The molecule has 2 atom stereocenters. The molecule has 0 saturated heterocycles. The van der Waals surface area contributed by atoms with E-state index in [0.29, 0.717) is 0 Å². The van der Waals surface area contributed by atoms with Crippen molar-refractivity contribution >= 4 is 17.7 Å². The number of hydrogen-bond donors (Lipinski definition) is 2. The Bertz CT molecular complexity index is 219. The second-order valence-electron chi connectivity index (χ2n) is 4.88. The maximum Gasteiger partial charge on any atom is 0.237 e. The van der Waals surface area contributed by atoms with Gasteiger partial charge in [-0.05, 0) is 40.4 Å². The topological polar surface area (TPSA) is 41.1 Å². The molecule has 0 spiro atoms. The zero-order valence-corrected chi connectivity index (χ0v) is 12.2. The van der Waals surface area contributed by atoms with Gasteiger partial charge in [-0.3, -0.25) is 4.79 Å². The summed E-state index contributed by atoms with van der Waals surface area (Å²) in [7, 11) is 0. The predicted octanol–water partition coefficient (Wildman–Crippen LogP) is 2.02. The second kappa shape index (κ2) is 7.17. The normalized spacial score (nSPS) is 15.6. The summed E-state index contributed by atoms with van der Waals surface area (Å²) < 4.78 is 0.172. The molecule has 0 aromatic carbocycles. The van der Waals surface area contributed by atoms with Crippen LogP contribution in [-0.4, -0.2) is 35.5 Å². The van der Waals surface area contributed by atoms with Crippen molar-refractivity contribution in [3.63, 3.8) is 0 Å². The molecular formula is C12H26N2OS. The fourth-order valence-electron chi connectivity index (χ4n) is 1.03. The molecular weight excluding hydrogens is 220 g/mol. The van der Waals surface area contributed by atoms with Crippen LogP contribution in [0.3, 0.4) is 0 Å². The van der Waals surface area contributed by atoms with Crippen molar-refractivity contribution in [1.82, 2.24) is 10.6 Å².